The Kier molecular flexibility index (Phi) is 10.6. The van der Waals surface area contributed by atoms with Crippen LogP contribution in [-0.2, 0) is 9.37 Å². The van der Waals surface area contributed by atoms with Gasteiger partial charge in [0.15, 0.2) is 0 Å². The Hall–Kier alpha value is -0.980. The maximum atomic E-state index is 10.9. The van der Waals surface area contributed by atoms with Crippen molar-refractivity contribution in [1.82, 2.24) is 0 Å². The average Bonchev–Trinajstić information content (AvgIpc) is 2.65. The minimum atomic E-state index is -1.50. The first-order valence-corrected chi connectivity index (χ1v) is 7.94. The Labute approximate surface area is 208 Å². The zero-order chi connectivity index (χ0) is 18.5. The van der Waals surface area contributed by atoms with Crippen molar-refractivity contribution < 1.29 is 88.8 Å². The van der Waals surface area contributed by atoms with Gasteiger partial charge in [0, 0.05) is 10.5 Å². The van der Waals surface area contributed by atoms with E-state index < -0.39 is 11.7 Å². The molecule has 0 radical (unpaired) electrons. The van der Waals surface area contributed by atoms with Gasteiger partial charge in [-0.2, -0.15) is 14.6 Å². The molecule has 0 unspecified atom stereocenters. The molecule has 0 bridgehead atoms. The van der Waals surface area contributed by atoms with E-state index in [1.165, 1.54) is 18.2 Å². The molecule has 0 aliphatic carbocycles. The summed E-state index contributed by atoms with van der Waals surface area (Å²) < 4.78 is 4.28. The molecule has 0 aliphatic rings. The fourth-order valence-electron chi connectivity index (χ4n) is 2.24. The summed E-state index contributed by atoms with van der Waals surface area (Å²) in [6, 6.07) is 14.5. The van der Waals surface area contributed by atoms with Gasteiger partial charge in [0.05, 0.1) is 29.4 Å². The van der Waals surface area contributed by atoms with E-state index in [-0.39, 0.29) is 70.4 Å². The molecule has 1 N–H and O–H groups in total. The molecule has 0 heterocycles. The van der Waals surface area contributed by atoms with Crippen molar-refractivity contribution in [1.29, 1.82) is 0 Å². The van der Waals surface area contributed by atoms with Gasteiger partial charge in [0.2, 0.25) is 0 Å². The summed E-state index contributed by atoms with van der Waals surface area (Å²) in [6.07, 6.45) is 0. The molecule has 28 heavy (non-hydrogen) atoms. The van der Waals surface area contributed by atoms with Crippen LogP contribution in [0.2, 0.25) is 0 Å². The number of carboxylic acids is 1. The standard InChI is InChI=1S/C17H12N2O6S.2Na/c20-16-6-4-13(9-15(16)17(21)22)19-18-12-3-1-11-8-14(26-25-24-23)5-2-10(11)7-12;;/h1-9,20,23H,(H,21,22);;/q;2*+1/p-2. The number of hydrogen-bond donors (Lipinski definition) is 1. The van der Waals surface area contributed by atoms with Crippen molar-refractivity contribution in [2.45, 2.75) is 4.90 Å². The minimum Gasteiger partial charge on any atom is -0.691 e. The summed E-state index contributed by atoms with van der Waals surface area (Å²) in [5.74, 6) is -1.89. The second-order valence-corrected chi connectivity index (χ2v) is 5.88. The molecular weight excluding hydrogens is 406 g/mol. The van der Waals surface area contributed by atoms with Crippen LogP contribution in [0.3, 0.4) is 0 Å². The molecule has 0 aromatic heterocycles. The summed E-state index contributed by atoms with van der Waals surface area (Å²) in [6.45, 7) is 0. The van der Waals surface area contributed by atoms with Crippen LogP contribution in [0.15, 0.2) is 69.7 Å². The number of rotatable bonds is 6. The van der Waals surface area contributed by atoms with Crippen molar-refractivity contribution in [2.75, 3.05) is 0 Å². The van der Waals surface area contributed by atoms with Crippen LogP contribution in [0.25, 0.3) is 10.8 Å². The van der Waals surface area contributed by atoms with Gasteiger partial charge in [-0.3, -0.25) is 5.04 Å². The molecule has 0 saturated carbocycles. The molecule has 0 spiro atoms. The number of azo groups is 1. The summed E-state index contributed by atoms with van der Waals surface area (Å²) in [4.78, 5) is 11.6. The maximum absolute atomic E-state index is 10.9. The second kappa shape index (κ2) is 11.9. The van der Waals surface area contributed by atoms with Gasteiger partial charge < -0.3 is 20.3 Å². The predicted octanol–water partition coefficient (Wildman–Crippen LogP) is -3.44. The number of hydrogen-bond acceptors (Lipinski definition) is 9. The number of benzene rings is 3. The van der Waals surface area contributed by atoms with Crippen LogP contribution in [0.1, 0.15) is 10.4 Å². The van der Waals surface area contributed by atoms with Gasteiger partial charge in [-0.15, -0.1) is 0 Å². The smallest absolute Gasteiger partial charge is 0.691 e. The molecule has 0 atom stereocenters. The molecule has 3 rings (SSSR count). The number of carboxylic acid groups (broad SMARTS) is 1. The number of nitrogens with zero attached hydrogens (tertiary/aromatic N) is 2. The van der Waals surface area contributed by atoms with E-state index in [9.17, 15) is 20.3 Å². The molecular formula is C17H10N2Na2O6S. The van der Waals surface area contributed by atoms with E-state index in [1.54, 1.807) is 18.2 Å². The zero-order valence-electron chi connectivity index (χ0n) is 15.0. The minimum absolute atomic E-state index is 0. The van der Waals surface area contributed by atoms with E-state index in [0.29, 0.717) is 10.6 Å². The fourth-order valence-corrected chi connectivity index (χ4v) is 2.65. The molecule has 132 valence electrons. The van der Waals surface area contributed by atoms with Crippen molar-refractivity contribution >= 4 is 40.2 Å². The Morgan fingerprint density at radius 1 is 0.929 bits per heavy atom. The number of phenols is 1. The number of aromatic hydroxyl groups is 1. The number of carbonyl (C=O) groups is 1. The SMILES string of the molecule is O=C([O-])c1cc(N=Nc2ccc3cc(SOO[O-])ccc3c2)ccc1O.[Na+].[Na+]. The third-order valence-corrected chi connectivity index (χ3v) is 4.00. The Morgan fingerprint density at radius 2 is 1.54 bits per heavy atom. The number of fused-ring (bicyclic) bond motifs is 1. The van der Waals surface area contributed by atoms with Gasteiger partial charge in [-0.1, -0.05) is 12.1 Å². The summed E-state index contributed by atoms with van der Waals surface area (Å²) in [7, 11) is 0. The van der Waals surface area contributed by atoms with Crippen LogP contribution in [-0.4, -0.2) is 11.1 Å². The molecule has 0 fully saturated rings. The van der Waals surface area contributed by atoms with Crippen molar-refractivity contribution in [3.8, 4) is 5.75 Å². The summed E-state index contributed by atoms with van der Waals surface area (Å²) in [5.41, 5.74) is 0.470. The molecule has 3 aromatic rings. The van der Waals surface area contributed by atoms with E-state index >= 15 is 0 Å². The van der Waals surface area contributed by atoms with Crippen molar-refractivity contribution in [3.05, 3.63) is 60.2 Å². The largest absolute Gasteiger partial charge is 1.00 e. The van der Waals surface area contributed by atoms with Crippen LogP contribution >= 0.6 is 12.0 Å². The van der Waals surface area contributed by atoms with Crippen molar-refractivity contribution in [2.24, 2.45) is 10.2 Å². The third kappa shape index (κ3) is 6.53. The Balaban J connectivity index is 0.00000196. The van der Waals surface area contributed by atoms with Gasteiger partial charge in [0.1, 0.15) is 5.75 Å². The van der Waals surface area contributed by atoms with Gasteiger partial charge >= 0.3 is 59.1 Å². The summed E-state index contributed by atoms with van der Waals surface area (Å²) in [5, 5.41) is 43.4. The number of aromatic carboxylic acids is 1. The normalized spacial score (nSPS) is 10.5. The third-order valence-electron chi connectivity index (χ3n) is 3.43. The molecule has 3 aromatic carbocycles. The van der Waals surface area contributed by atoms with Gasteiger partial charge in [-0.05, 0) is 53.2 Å². The zero-order valence-corrected chi connectivity index (χ0v) is 19.8. The predicted molar refractivity (Wildman–Crippen MR) is 88.6 cm³/mol. The van der Waals surface area contributed by atoms with Crippen LogP contribution in [0.5, 0.6) is 5.75 Å². The summed E-state index contributed by atoms with van der Waals surface area (Å²) >= 11 is 0.802. The van der Waals surface area contributed by atoms with E-state index in [1.807, 2.05) is 18.2 Å². The first-order chi connectivity index (χ1) is 12.6. The van der Waals surface area contributed by atoms with E-state index in [0.717, 1.165) is 22.8 Å². The van der Waals surface area contributed by atoms with Gasteiger partial charge in [-0.25, -0.2) is 0 Å². The topological polar surface area (TPSA) is 127 Å². The van der Waals surface area contributed by atoms with Crippen LogP contribution in [0, 0.1) is 0 Å². The molecule has 0 amide bonds. The molecule has 0 saturated heterocycles. The van der Waals surface area contributed by atoms with Gasteiger partial charge in [0.25, 0.3) is 0 Å². The van der Waals surface area contributed by atoms with E-state index in [2.05, 4.69) is 19.6 Å². The number of carbonyl (C=O) groups excluding carboxylic acids is 1. The molecule has 11 heteroatoms. The quantitative estimate of drug-likeness (QED) is 0.146. The molecule has 8 nitrogen and oxygen atoms in total. The fraction of sp³-hybridized carbons (Fsp3) is 0. The second-order valence-electron chi connectivity index (χ2n) is 5.10. The first kappa shape index (κ1) is 25.1. The maximum Gasteiger partial charge on any atom is 1.00 e. The van der Waals surface area contributed by atoms with Crippen molar-refractivity contribution in [3.63, 3.8) is 0 Å². The first-order valence-electron chi connectivity index (χ1n) is 7.20. The average molecular weight is 416 g/mol. The van der Waals surface area contributed by atoms with Crippen LogP contribution < -0.4 is 69.5 Å². The van der Waals surface area contributed by atoms with E-state index in [4.69, 9.17) is 0 Å². The Morgan fingerprint density at radius 3 is 2.21 bits per heavy atom. The Bertz CT molecular complexity index is 1000. The molecule has 0 aliphatic heterocycles. The van der Waals surface area contributed by atoms with Crippen LogP contribution in [0.4, 0.5) is 11.4 Å². The monoisotopic (exact) mass is 416 g/mol.